The number of benzene rings is 1. The highest BCUT2D eigenvalue weighted by atomic mass is 35.5. The summed E-state index contributed by atoms with van der Waals surface area (Å²) in [5, 5.41) is 8.16. The molecule has 1 aromatic carbocycles. The SMILES string of the molecule is Cn1cc(C(F)(F)F)nc1-c1c(F)cc(Cn2c(=N)n(C)c3cnc(Cl)nc32)cc1F. The van der Waals surface area contributed by atoms with E-state index >= 15 is 0 Å². The molecule has 0 aliphatic heterocycles. The Bertz CT molecular complexity index is 1360. The van der Waals surface area contributed by atoms with Crippen molar-refractivity contribution in [2.24, 2.45) is 14.1 Å². The quantitative estimate of drug-likeness (QED) is 0.377. The number of halogens is 6. The van der Waals surface area contributed by atoms with E-state index < -0.39 is 34.9 Å². The number of imidazole rings is 2. The van der Waals surface area contributed by atoms with Gasteiger partial charge in [-0.1, -0.05) is 0 Å². The molecule has 4 aromatic rings. The lowest BCUT2D eigenvalue weighted by Gasteiger charge is -2.09. The Balaban J connectivity index is 1.79. The largest absolute Gasteiger partial charge is 0.434 e. The van der Waals surface area contributed by atoms with Crippen LogP contribution >= 0.6 is 11.6 Å². The highest BCUT2D eigenvalue weighted by Gasteiger charge is 2.35. The van der Waals surface area contributed by atoms with Crippen LogP contribution in [0, 0.1) is 17.0 Å². The van der Waals surface area contributed by atoms with Gasteiger partial charge in [0.25, 0.3) is 0 Å². The molecule has 4 rings (SSSR count). The molecular formula is C18H13ClF5N7. The third kappa shape index (κ3) is 3.56. The molecule has 0 radical (unpaired) electrons. The Labute approximate surface area is 175 Å². The number of aryl methyl sites for hydroxylation is 2. The number of hydrogen-bond donors (Lipinski definition) is 1. The smallest absolute Gasteiger partial charge is 0.333 e. The van der Waals surface area contributed by atoms with Crippen molar-refractivity contribution in [3.05, 3.63) is 58.3 Å². The first-order valence-corrected chi connectivity index (χ1v) is 9.06. The molecule has 0 saturated heterocycles. The molecule has 7 nitrogen and oxygen atoms in total. The van der Waals surface area contributed by atoms with E-state index in [0.29, 0.717) is 11.7 Å². The second-order valence-electron chi connectivity index (χ2n) is 6.81. The average Bonchev–Trinajstić information content (AvgIpc) is 3.15. The van der Waals surface area contributed by atoms with E-state index in [2.05, 4.69) is 15.0 Å². The minimum Gasteiger partial charge on any atom is -0.333 e. The standard InChI is InChI=1S/C18H13ClF5N7/c1-29-7-12(18(22,23)24)27-15(29)13-9(20)3-8(4-10(13)21)6-31-14-11(30(2)17(31)25)5-26-16(19)28-14/h3-5,7,25H,6H2,1-2H3. The van der Waals surface area contributed by atoms with Crippen LogP contribution in [0.15, 0.2) is 24.5 Å². The van der Waals surface area contributed by atoms with E-state index in [-0.39, 0.29) is 28.7 Å². The molecule has 0 amide bonds. The summed E-state index contributed by atoms with van der Waals surface area (Å²) in [6.45, 7) is -0.133. The summed E-state index contributed by atoms with van der Waals surface area (Å²) in [4.78, 5) is 11.3. The van der Waals surface area contributed by atoms with Crippen molar-refractivity contribution in [3.63, 3.8) is 0 Å². The van der Waals surface area contributed by atoms with Gasteiger partial charge in [-0.2, -0.15) is 18.2 Å². The lowest BCUT2D eigenvalue weighted by atomic mass is 10.1. The van der Waals surface area contributed by atoms with Crippen LogP contribution in [-0.2, 0) is 26.8 Å². The van der Waals surface area contributed by atoms with E-state index in [4.69, 9.17) is 17.0 Å². The van der Waals surface area contributed by atoms with Crippen molar-refractivity contribution >= 4 is 22.8 Å². The lowest BCUT2D eigenvalue weighted by Crippen LogP contribution is -2.23. The molecule has 3 aromatic heterocycles. The molecule has 0 fully saturated rings. The van der Waals surface area contributed by atoms with Crippen molar-refractivity contribution in [1.82, 2.24) is 28.7 Å². The minimum absolute atomic E-state index is 0.0182. The summed E-state index contributed by atoms with van der Waals surface area (Å²) < 4.78 is 72.0. The van der Waals surface area contributed by atoms with Gasteiger partial charge in [-0.15, -0.1) is 0 Å². The van der Waals surface area contributed by atoms with E-state index in [1.54, 1.807) is 7.05 Å². The molecule has 1 N–H and O–H groups in total. The van der Waals surface area contributed by atoms with Crippen LogP contribution < -0.4 is 5.62 Å². The van der Waals surface area contributed by atoms with Crippen LogP contribution in [0.2, 0.25) is 5.28 Å². The molecule has 0 saturated carbocycles. The number of nitrogens with one attached hydrogen (secondary N) is 1. The predicted octanol–water partition coefficient (Wildman–Crippen LogP) is 3.65. The van der Waals surface area contributed by atoms with Crippen molar-refractivity contribution < 1.29 is 22.0 Å². The number of hydrogen-bond acceptors (Lipinski definition) is 4. The van der Waals surface area contributed by atoms with Crippen LogP contribution in [0.4, 0.5) is 22.0 Å². The van der Waals surface area contributed by atoms with Crippen LogP contribution in [0.1, 0.15) is 11.3 Å². The van der Waals surface area contributed by atoms with Gasteiger partial charge >= 0.3 is 6.18 Å². The van der Waals surface area contributed by atoms with Crippen LogP contribution in [0.25, 0.3) is 22.6 Å². The van der Waals surface area contributed by atoms with Gasteiger partial charge in [0.2, 0.25) is 10.9 Å². The van der Waals surface area contributed by atoms with Gasteiger partial charge in [-0.3, -0.25) is 9.98 Å². The normalized spacial score (nSPS) is 12.1. The highest BCUT2D eigenvalue weighted by molar-refractivity contribution is 6.28. The van der Waals surface area contributed by atoms with Gasteiger partial charge in [-0.25, -0.2) is 18.7 Å². The average molecular weight is 458 g/mol. The summed E-state index contributed by atoms with van der Waals surface area (Å²) in [5.74, 6) is -2.66. The first kappa shape index (κ1) is 21.0. The van der Waals surface area contributed by atoms with Gasteiger partial charge < -0.3 is 9.13 Å². The van der Waals surface area contributed by atoms with Crippen molar-refractivity contribution in [1.29, 1.82) is 5.41 Å². The first-order valence-electron chi connectivity index (χ1n) is 8.68. The highest BCUT2D eigenvalue weighted by Crippen LogP contribution is 2.32. The van der Waals surface area contributed by atoms with Gasteiger partial charge in [0.15, 0.2) is 11.3 Å². The second-order valence-corrected chi connectivity index (χ2v) is 7.15. The first-order chi connectivity index (χ1) is 14.5. The summed E-state index contributed by atoms with van der Waals surface area (Å²) in [5.41, 5.74) is -1.05. The van der Waals surface area contributed by atoms with Crippen LogP contribution in [-0.4, -0.2) is 28.7 Å². The fraction of sp³-hybridized carbons (Fsp3) is 0.222. The molecule has 0 aliphatic rings. The molecule has 0 bridgehead atoms. The lowest BCUT2D eigenvalue weighted by molar-refractivity contribution is -0.140. The van der Waals surface area contributed by atoms with Gasteiger partial charge in [0.05, 0.1) is 18.3 Å². The van der Waals surface area contributed by atoms with Crippen molar-refractivity contribution in [3.8, 4) is 11.4 Å². The molecule has 0 spiro atoms. The predicted molar refractivity (Wildman–Crippen MR) is 100 cm³/mol. The molecular weight excluding hydrogens is 445 g/mol. The summed E-state index contributed by atoms with van der Waals surface area (Å²) in [6, 6.07) is 1.96. The van der Waals surface area contributed by atoms with E-state index in [9.17, 15) is 22.0 Å². The van der Waals surface area contributed by atoms with E-state index in [1.807, 2.05) is 0 Å². The zero-order chi connectivity index (χ0) is 22.7. The topological polar surface area (TPSA) is 77.3 Å². The van der Waals surface area contributed by atoms with Gasteiger partial charge in [0, 0.05) is 20.3 Å². The summed E-state index contributed by atoms with van der Waals surface area (Å²) >= 11 is 5.83. The Morgan fingerprint density at radius 1 is 1.10 bits per heavy atom. The van der Waals surface area contributed by atoms with Crippen molar-refractivity contribution in [2.75, 3.05) is 0 Å². The van der Waals surface area contributed by atoms with Crippen LogP contribution in [0.3, 0.4) is 0 Å². The zero-order valence-electron chi connectivity index (χ0n) is 16.0. The summed E-state index contributed by atoms with van der Waals surface area (Å²) in [6.07, 6.45) is -2.67. The Hall–Kier alpha value is -3.28. The fourth-order valence-electron chi connectivity index (χ4n) is 3.27. The molecule has 3 heterocycles. The minimum atomic E-state index is -4.75. The maximum absolute atomic E-state index is 14.8. The number of alkyl halides is 3. The number of rotatable bonds is 3. The molecule has 0 atom stereocenters. The fourth-order valence-corrected chi connectivity index (χ4v) is 3.40. The number of nitrogens with zero attached hydrogens (tertiary/aromatic N) is 6. The molecule has 31 heavy (non-hydrogen) atoms. The molecule has 162 valence electrons. The van der Waals surface area contributed by atoms with E-state index in [0.717, 1.165) is 16.7 Å². The third-order valence-corrected chi connectivity index (χ3v) is 4.93. The molecule has 13 heteroatoms. The maximum Gasteiger partial charge on any atom is 0.434 e. The zero-order valence-corrected chi connectivity index (χ0v) is 16.7. The third-order valence-electron chi connectivity index (χ3n) is 4.74. The number of aromatic nitrogens is 6. The summed E-state index contributed by atoms with van der Waals surface area (Å²) in [7, 11) is 2.81. The number of fused-ring (bicyclic) bond motifs is 1. The van der Waals surface area contributed by atoms with E-state index in [1.165, 1.54) is 22.4 Å². The Kier molecular flexibility index (Phi) is 4.84. The Morgan fingerprint density at radius 3 is 2.32 bits per heavy atom. The Morgan fingerprint density at radius 2 is 1.74 bits per heavy atom. The van der Waals surface area contributed by atoms with Gasteiger partial charge in [0.1, 0.15) is 23.0 Å². The maximum atomic E-state index is 14.8. The second kappa shape index (κ2) is 7.15. The molecule has 0 aliphatic carbocycles. The van der Waals surface area contributed by atoms with Gasteiger partial charge in [-0.05, 0) is 29.3 Å². The monoisotopic (exact) mass is 457 g/mol. The van der Waals surface area contributed by atoms with Crippen LogP contribution in [0.5, 0.6) is 0 Å². The molecule has 0 unspecified atom stereocenters. The van der Waals surface area contributed by atoms with Crippen molar-refractivity contribution in [2.45, 2.75) is 12.7 Å².